The molecular formula is C17H26BrNO. The van der Waals surface area contributed by atoms with E-state index < -0.39 is 0 Å². The van der Waals surface area contributed by atoms with Crippen LogP contribution in [0.1, 0.15) is 49.8 Å². The van der Waals surface area contributed by atoms with E-state index in [2.05, 4.69) is 53.3 Å². The van der Waals surface area contributed by atoms with Crippen LogP contribution in [-0.2, 0) is 4.74 Å². The molecule has 20 heavy (non-hydrogen) atoms. The highest BCUT2D eigenvalue weighted by molar-refractivity contribution is 9.10. The molecule has 1 unspecified atom stereocenters. The van der Waals surface area contributed by atoms with Crippen molar-refractivity contribution in [3.63, 3.8) is 0 Å². The highest BCUT2D eigenvalue weighted by Gasteiger charge is 2.21. The zero-order valence-electron chi connectivity index (χ0n) is 12.6. The SMILES string of the molecule is CCCNC(CC1CCOCC1)c1cccc(Br)c1C. The monoisotopic (exact) mass is 339 g/mol. The summed E-state index contributed by atoms with van der Waals surface area (Å²) in [7, 11) is 0. The lowest BCUT2D eigenvalue weighted by Crippen LogP contribution is -2.27. The van der Waals surface area contributed by atoms with E-state index in [1.54, 1.807) is 0 Å². The van der Waals surface area contributed by atoms with Crippen LogP contribution in [0.3, 0.4) is 0 Å². The number of halogens is 1. The van der Waals surface area contributed by atoms with Crippen molar-refractivity contribution in [2.75, 3.05) is 19.8 Å². The van der Waals surface area contributed by atoms with Crippen molar-refractivity contribution >= 4 is 15.9 Å². The van der Waals surface area contributed by atoms with E-state index in [-0.39, 0.29) is 0 Å². The van der Waals surface area contributed by atoms with E-state index in [9.17, 15) is 0 Å². The third-order valence-corrected chi connectivity index (χ3v) is 5.09. The van der Waals surface area contributed by atoms with Crippen LogP contribution in [0.4, 0.5) is 0 Å². The molecule has 1 aliphatic heterocycles. The second-order valence-electron chi connectivity index (χ2n) is 5.75. The topological polar surface area (TPSA) is 21.3 Å². The summed E-state index contributed by atoms with van der Waals surface area (Å²) in [4.78, 5) is 0. The average Bonchev–Trinajstić information content (AvgIpc) is 2.48. The molecule has 3 heteroatoms. The van der Waals surface area contributed by atoms with Gasteiger partial charge in [0.1, 0.15) is 0 Å². The quantitative estimate of drug-likeness (QED) is 0.816. The Labute approximate surface area is 131 Å². The predicted octanol–water partition coefficient (Wildman–Crippen LogP) is 4.61. The Kier molecular flexibility index (Phi) is 6.53. The van der Waals surface area contributed by atoms with Crippen LogP contribution in [0.15, 0.2) is 22.7 Å². The van der Waals surface area contributed by atoms with Gasteiger partial charge in [-0.15, -0.1) is 0 Å². The maximum atomic E-state index is 5.48. The van der Waals surface area contributed by atoms with Gasteiger partial charge in [-0.1, -0.05) is 35.0 Å². The number of nitrogens with one attached hydrogen (secondary N) is 1. The van der Waals surface area contributed by atoms with Gasteiger partial charge in [-0.2, -0.15) is 0 Å². The molecule has 1 heterocycles. The number of hydrogen-bond acceptors (Lipinski definition) is 2. The van der Waals surface area contributed by atoms with Gasteiger partial charge < -0.3 is 10.1 Å². The van der Waals surface area contributed by atoms with Crippen molar-refractivity contribution in [1.82, 2.24) is 5.32 Å². The summed E-state index contributed by atoms with van der Waals surface area (Å²) >= 11 is 3.66. The molecule has 112 valence electrons. The minimum absolute atomic E-state index is 0.468. The zero-order valence-corrected chi connectivity index (χ0v) is 14.2. The Morgan fingerprint density at radius 1 is 1.35 bits per heavy atom. The highest BCUT2D eigenvalue weighted by Crippen LogP contribution is 2.31. The van der Waals surface area contributed by atoms with E-state index >= 15 is 0 Å². The molecule has 0 bridgehead atoms. The number of ether oxygens (including phenoxy) is 1. The Hall–Kier alpha value is -0.380. The van der Waals surface area contributed by atoms with Crippen molar-refractivity contribution < 1.29 is 4.74 Å². The first-order chi connectivity index (χ1) is 9.72. The van der Waals surface area contributed by atoms with Gasteiger partial charge in [-0.25, -0.2) is 0 Å². The highest BCUT2D eigenvalue weighted by atomic mass is 79.9. The van der Waals surface area contributed by atoms with Gasteiger partial charge in [0.25, 0.3) is 0 Å². The molecule has 0 amide bonds. The molecule has 2 nitrogen and oxygen atoms in total. The van der Waals surface area contributed by atoms with Gasteiger partial charge >= 0.3 is 0 Å². The Bertz CT molecular complexity index is 415. The molecule has 0 spiro atoms. The molecule has 1 N–H and O–H groups in total. The van der Waals surface area contributed by atoms with Gasteiger partial charge in [0.05, 0.1) is 0 Å². The minimum Gasteiger partial charge on any atom is -0.381 e. The smallest absolute Gasteiger partial charge is 0.0468 e. The van der Waals surface area contributed by atoms with E-state index in [0.717, 1.165) is 25.7 Å². The Morgan fingerprint density at radius 3 is 2.80 bits per heavy atom. The second-order valence-corrected chi connectivity index (χ2v) is 6.61. The fourth-order valence-corrected chi connectivity index (χ4v) is 3.34. The molecule has 0 aromatic heterocycles. The first-order valence-electron chi connectivity index (χ1n) is 7.78. The fourth-order valence-electron chi connectivity index (χ4n) is 2.96. The lowest BCUT2D eigenvalue weighted by molar-refractivity contribution is 0.0605. The molecule has 1 aromatic carbocycles. The van der Waals surface area contributed by atoms with Crippen LogP contribution in [0.5, 0.6) is 0 Å². The Morgan fingerprint density at radius 2 is 2.10 bits per heavy atom. The summed E-state index contributed by atoms with van der Waals surface area (Å²) < 4.78 is 6.70. The number of hydrogen-bond donors (Lipinski definition) is 1. The van der Waals surface area contributed by atoms with E-state index in [4.69, 9.17) is 4.74 Å². The minimum atomic E-state index is 0.468. The lowest BCUT2D eigenvalue weighted by Gasteiger charge is -2.28. The normalized spacial score (nSPS) is 18.1. The standard InChI is InChI=1S/C17H26BrNO/c1-3-9-19-17(12-14-7-10-20-11-8-14)15-5-4-6-16(18)13(15)2/h4-6,14,17,19H,3,7-12H2,1-2H3. The van der Waals surface area contributed by atoms with Crippen LogP contribution in [0.25, 0.3) is 0 Å². The van der Waals surface area contributed by atoms with Gasteiger partial charge in [-0.3, -0.25) is 0 Å². The van der Waals surface area contributed by atoms with Crippen LogP contribution < -0.4 is 5.32 Å². The summed E-state index contributed by atoms with van der Waals surface area (Å²) in [5.41, 5.74) is 2.81. The molecule has 1 aliphatic rings. The van der Waals surface area contributed by atoms with E-state index in [0.29, 0.717) is 6.04 Å². The largest absolute Gasteiger partial charge is 0.381 e. The van der Waals surface area contributed by atoms with Crippen molar-refractivity contribution in [2.24, 2.45) is 5.92 Å². The molecule has 2 rings (SSSR count). The molecule has 1 fully saturated rings. The van der Waals surface area contributed by atoms with Crippen LogP contribution in [0, 0.1) is 12.8 Å². The summed E-state index contributed by atoms with van der Waals surface area (Å²) in [6, 6.07) is 7.02. The molecule has 0 aliphatic carbocycles. The first kappa shape index (κ1) is 16.0. The van der Waals surface area contributed by atoms with Crippen LogP contribution >= 0.6 is 15.9 Å². The summed E-state index contributed by atoms with van der Waals surface area (Å²) in [5, 5.41) is 3.74. The molecule has 1 aromatic rings. The lowest BCUT2D eigenvalue weighted by atomic mass is 9.88. The molecular weight excluding hydrogens is 314 g/mol. The van der Waals surface area contributed by atoms with E-state index in [1.807, 2.05) is 0 Å². The Balaban J connectivity index is 2.11. The van der Waals surface area contributed by atoms with Gasteiger partial charge in [-0.05, 0) is 62.3 Å². The maximum Gasteiger partial charge on any atom is 0.0468 e. The molecule has 1 atom stereocenters. The van der Waals surface area contributed by atoms with Crippen molar-refractivity contribution in [3.8, 4) is 0 Å². The van der Waals surface area contributed by atoms with Gasteiger partial charge in [0.15, 0.2) is 0 Å². The third kappa shape index (κ3) is 4.31. The fraction of sp³-hybridized carbons (Fsp3) is 0.647. The molecule has 0 saturated carbocycles. The number of rotatable bonds is 6. The predicted molar refractivity (Wildman–Crippen MR) is 88.1 cm³/mol. The first-order valence-corrected chi connectivity index (χ1v) is 8.57. The third-order valence-electron chi connectivity index (χ3n) is 4.24. The van der Waals surface area contributed by atoms with Crippen molar-refractivity contribution in [2.45, 2.75) is 45.6 Å². The molecule has 0 radical (unpaired) electrons. The summed E-state index contributed by atoms with van der Waals surface area (Å²) in [5.74, 6) is 0.788. The van der Waals surface area contributed by atoms with Gasteiger partial charge in [0.2, 0.25) is 0 Å². The maximum absolute atomic E-state index is 5.48. The van der Waals surface area contributed by atoms with Gasteiger partial charge in [0, 0.05) is 23.7 Å². The average molecular weight is 340 g/mol. The molecule has 1 saturated heterocycles. The summed E-state index contributed by atoms with van der Waals surface area (Å²) in [6.45, 7) is 7.39. The summed E-state index contributed by atoms with van der Waals surface area (Å²) in [6.07, 6.45) is 4.81. The van der Waals surface area contributed by atoms with Crippen molar-refractivity contribution in [3.05, 3.63) is 33.8 Å². The van der Waals surface area contributed by atoms with Crippen LogP contribution in [0.2, 0.25) is 0 Å². The zero-order chi connectivity index (χ0) is 14.4. The second kappa shape index (κ2) is 8.16. The van der Waals surface area contributed by atoms with Crippen LogP contribution in [-0.4, -0.2) is 19.8 Å². The van der Waals surface area contributed by atoms with E-state index in [1.165, 1.54) is 41.3 Å². The van der Waals surface area contributed by atoms with Crippen molar-refractivity contribution in [1.29, 1.82) is 0 Å². The number of benzene rings is 1.